The highest BCUT2D eigenvalue weighted by Gasteiger charge is 2.45. The molecule has 1 saturated heterocycles. The van der Waals surface area contributed by atoms with Gasteiger partial charge in [0.25, 0.3) is 0 Å². The van der Waals surface area contributed by atoms with E-state index < -0.39 is 42.1 Å². The Morgan fingerprint density at radius 3 is 2.54 bits per heavy atom. The first-order chi connectivity index (χ1) is 12.2. The van der Waals surface area contributed by atoms with Gasteiger partial charge in [-0.3, -0.25) is 9.59 Å². The molecule has 0 radical (unpaired) electrons. The fourth-order valence-corrected chi connectivity index (χ4v) is 2.48. The Labute approximate surface area is 150 Å². The Balaban J connectivity index is 2.08. The minimum atomic E-state index is -1.62. The molecule has 5 atom stereocenters. The van der Waals surface area contributed by atoms with Crippen molar-refractivity contribution in [1.82, 2.24) is 0 Å². The molecule has 26 heavy (non-hydrogen) atoms. The van der Waals surface area contributed by atoms with Gasteiger partial charge in [-0.1, -0.05) is 13.8 Å². The van der Waals surface area contributed by atoms with Gasteiger partial charge >= 0.3 is 5.97 Å². The van der Waals surface area contributed by atoms with Crippen LogP contribution in [0.1, 0.15) is 26.0 Å². The summed E-state index contributed by atoms with van der Waals surface area (Å²) >= 11 is 0. The van der Waals surface area contributed by atoms with Gasteiger partial charge in [0.1, 0.15) is 36.8 Å². The average Bonchev–Trinajstić information content (AvgIpc) is 2.56. The van der Waals surface area contributed by atoms with E-state index in [1.165, 1.54) is 13.2 Å². The fourth-order valence-electron chi connectivity index (χ4n) is 2.48. The normalized spacial score (nSPS) is 28.8. The molecular formula is C17H24O9. The summed E-state index contributed by atoms with van der Waals surface area (Å²) < 4.78 is 20.9. The van der Waals surface area contributed by atoms with E-state index >= 15 is 0 Å². The molecule has 0 unspecified atom stereocenters. The number of ether oxygens (including phenoxy) is 3. The van der Waals surface area contributed by atoms with E-state index in [0.29, 0.717) is 0 Å². The highest BCUT2D eigenvalue weighted by atomic mass is 16.7. The SMILES string of the molecule is Cc1occc(=O)c1O[C@@H]1O[C@H](COC(=O)CC(C)C)[C@@H](O)[C@H](O)[C@H]1O. The van der Waals surface area contributed by atoms with Gasteiger partial charge in [-0.15, -0.1) is 0 Å². The van der Waals surface area contributed by atoms with Gasteiger partial charge in [0.15, 0.2) is 0 Å². The standard InChI is InChI=1S/C17H24O9/c1-8(2)6-12(19)24-7-11-13(20)14(21)15(22)17(25-11)26-16-9(3)23-5-4-10(16)18/h4-5,8,11,13-15,17,20-22H,6-7H2,1-3H3/t11-,13-,14+,15-,17+/m1/s1. The van der Waals surface area contributed by atoms with Crippen molar-refractivity contribution < 1.29 is 38.7 Å². The molecule has 0 bridgehead atoms. The molecule has 0 aromatic carbocycles. The van der Waals surface area contributed by atoms with Crippen LogP contribution < -0.4 is 10.2 Å². The van der Waals surface area contributed by atoms with Gasteiger partial charge in [0, 0.05) is 12.5 Å². The van der Waals surface area contributed by atoms with Crippen LogP contribution in [0.3, 0.4) is 0 Å². The Hall–Kier alpha value is -1.94. The van der Waals surface area contributed by atoms with Gasteiger partial charge in [-0.2, -0.15) is 0 Å². The third-order valence-corrected chi connectivity index (χ3v) is 3.89. The summed E-state index contributed by atoms with van der Waals surface area (Å²) in [6, 6.07) is 1.13. The van der Waals surface area contributed by atoms with Crippen molar-refractivity contribution in [3.63, 3.8) is 0 Å². The van der Waals surface area contributed by atoms with Crippen LogP contribution in [0.15, 0.2) is 21.5 Å². The predicted molar refractivity (Wildman–Crippen MR) is 87.4 cm³/mol. The number of hydrogen-bond donors (Lipinski definition) is 3. The molecule has 1 aromatic rings. The molecule has 9 nitrogen and oxygen atoms in total. The molecule has 0 spiro atoms. The molecular weight excluding hydrogens is 348 g/mol. The van der Waals surface area contributed by atoms with Gasteiger partial charge in [-0.25, -0.2) is 0 Å². The fraction of sp³-hybridized carbons (Fsp3) is 0.647. The minimum absolute atomic E-state index is 0.100. The number of esters is 1. The van der Waals surface area contributed by atoms with Gasteiger partial charge < -0.3 is 33.9 Å². The van der Waals surface area contributed by atoms with Crippen LogP contribution in [0.4, 0.5) is 0 Å². The van der Waals surface area contributed by atoms with Crippen molar-refractivity contribution in [2.45, 2.75) is 57.9 Å². The summed E-state index contributed by atoms with van der Waals surface area (Å²) in [6.07, 6.45) is -5.93. The van der Waals surface area contributed by atoms with Crippen LogP contribution in [0.2, 0.25) is 0 Å². The van der Waals surface area contributed by atoms with E-state index in [9.17, 15) is 24.9 Å². The van der Waals surface area contributed by atoms with Crippen molar-refractivity contribution in [3.05, 3.63) is 28.3 Å². The summed E-state index contributed by atoms with van der Waals surface area (Å²) in [5.74, 6) is -0.401. The van der Waals surface area contributed by atoms with E-state index in [4.69, 9.17) is 18.6 Å². The zero-order valence-electron chi connectivity index (χ0n) is 14.8. The second-order valence-electron chi connectivity index (χ2n) is 6.58. The number of hydrogen-bond acceptors (Lipinski definition) is 9. The van der Waals surface area contributed by atoms with E-state index in [1.807, 2.05) is 13.8 Å². The van der Waals surface area contributed by atoms with Gasteiger partial charge in [0.2, 0.25) is 17.5 Å². The Morgan fingerprint density at radius 1 is 1.23 bits per heavy atom. The van der Waals surface area contributed by atoms with Crippen LogP contribution in [-0.2, 0) is 14.3 Å². The van der Waals surface area contributed by atoms with Crippen molar-refractivity contribution in [2.24, 2.45) is 5.92 Å². The number of aliphatic hydroxyl groups is 3. The molecule has 1 aliphatic heterocycles. The monoisotopic (exact) mass is 372 g/mol. The summed E-state index contributed by atoms with van der Waals surface area (Å²) in [4.78, 5) is 23.5. The first-order valence-electron chi connectivity index (χ1n) is 8.31. The molecule has 1 fully saturated rings. The van der Waals surface area contributed by atoms with Crippen molar-refractivity contribution in [2.75, 3.05) is 6.61 Å². The molecule has 2 heterocycles. The lowest BCUT2D eigenvalue weighted by Gasteiger charge is -2.39. The van der Waals surface area contributed by atoms with E-state index in [1.54, 1.807) is 0 Å². The molecule has 146 valence electrons. The summed E-state index contributed by atoms with van der Waals surface area (Å²) in [7, 11) is 0. The Bertz CT molecular complexity index is 668. The van der Waals surface area contributed by atoms with Crippen LogP contribution >= 0.6 is 0 Å². The summed E-state index contributed by atoms with van der Waals surface area (Å²) in [5.41, 5.74) is -0.495. The zero-order valence-corrected chi connectivity index (χ0v) is 14.8. The minimum Gasteiger partial charge on any atom is -0.465 e. The smallest absolute Gasteiger partial charge is 0.306 e. The zero-order chi connectivity index (χ0) is 19.4. The van der Waals surface area contributed by atoms with E-state index in [2.05, 4.69) is 0 Å². The van der Waals surface area contributed by atoms with Gasteiger partial charge in [0.05, 0.1) is 6.26 Å². The third kappa shape index (κ3) is 4.82. The second-order valence-corrected chi connectivity index (χ2v) is 6.58. The highest BCUT2D eigenvalue weighted by Crippen LogP contribution is 2.24. The van der Waals surface area contributed by atoms with E-state index in [-0.39, 0.29) is 30.5 Å². The first kappa shape index (κ1) is 20.4. The topological polar surface area (TPSA) is 136 Å². The van der Waals surface area contributed by atoms with Crippen LogP contribution in [-0.4, -0.2) is 58.6 Å². The first-order valence-corrected chi connectivity index (χ1v) is 8.31. The molecule has 2 rings (SSSR count). The van der Waals surface area contributed by atoms with Crippen LogP contribution in [0.5, 0.6) is 5.75 Å². The van der Waals surface area contributed by atoms with Crippen molar-refractivity contribution >= 4 is 5.97 Å². The van der Waals surface area contributed by atoms with Crippen LogP contribution in [0, 0.1) is 12.8 Å². The number of carbonyl (C=O) groups excluding carboxylic acids is 1. The number of aliphatic hydroxyl groups excluding tert-OH is 3. The number of carbonyl (C=O) groups is 1. The molecule has 0 amide bonds. The average molecular weight is 372 g/mol. The maximum absolute atomic E-state index is 11.9. The summed E-state index contributed by atoms with van der Waals surface area (Å²) in [5, 5.41) is 30.1. The predicted octanol–water partition coefficient (Wildman–Crippen LogP) is -0.276. The maximum Gasteiger partial charge on any atom is 0.306 e. The Kier molecular flexibility index (Phi) is 6.76. The molecule has 0 saturated carbocycles. The molecule has 9 heteroatoms. The van der Waals surface area contributed by atoms with Crippen molar-refractivity contribution in [3.8, 4) is 5.75 Å². The number of rotatable bonds is 6. The molecule has 1 aromatic heterocycles. The summed E-state index contributed by atoms with van der Waals surface area (Å²) in [6.45, 7) is 4.86. The third-order valence-electron chi connectivity index (χ3n) is 3.89. The highest BCUT2D eigenvalue weighted by molar-refractivity contribution is 5.69. The largest absolute Gasteiger partial charge is 0.465 e. The number of aryl methyl sites for hydroxylation is 1. The van der Waals surface area contributed by atoms with E-state index in [0.717, 1.165) is 6.07 Å². The lowest BCUT2D eigenvalue weighted by atomic mass is 9.99. The molecule has 3 N–H and O–H groups in total. The lowest BCUT2D eigenvalue weighted by molar-refractivity contribution is -0.279. The van der Waals surface area contributed by atoms with Crippen LogP contribution in [0.25, 0.3) is 0 Å². The quantitative estimate of drug-likeness (QED) is 0.576. The second kappa shape index (κ2) is 8.63. The van der Waals surface area contributed by atoms with Gasteiger partial charge in [-0.05, 0) is 12.8 Å². The van der Waals surface area contributed by atoms with Crippen molar-refractivity contribution in [1.29, 1.82) is 0 Å². The molecule has 1 aliphatic rings. The molecule has 0 aliphatic carbocycles. The Morgan fingerprint density at radius 2 is 1.92 bits per heavy atom. The lowest BCUT2D eigenvalue weighted by Crippen LogP contribution is -2.60. The maximum atomic E-state index is 11.9.